The summed E-state index contributed by atoms with van der Waals surface area (Å²) in [6.07, 6.45) is 1.52. The average Bonchev–Trinajstić information content (AvgIpc) is 2.36. The van der Waals surface area contributed by atoms with E-state index in [0.29, 0.717) is 27.3 Å². The Kier molecular flexibility index (Phi) is 4.02. The monoisotopic (exact) mass is 297 g/mol. The van der Waals surface area contributed by atoms with E-state index >= 15 is 0 Å². The topological polar surface area (TPSA) is 60.2 Å². The Bertz CT molecular complexity index is 617. The van der Waals surface area contributed by atoms with E-state index in [1.54, 1.807) is 19.2 Å². The van der Waals surface area contributed by atoms with Crippen molar-refractivity contribution in [2.45, 2.75) is 6.92 Å². The number of nitrogen functional groups attached to an aromatic ring is 1. The Hall–Kier alpha value is -1.65. The van der Waals surface area contributed by atoms with Gasteiger partial charge in [0.05, 0.1) is 23.5 Å². The van der Waals surface area contributed by atoms with E-state index in [2.05, 4.69) is 10.3 Å². The molecular formula is C13H13Cl2N3O. The van der Waals surface area contributed by atoms with Gasteiger partial charge in [0.2, 0.25) is 0 Å². The van der Waals surface area contributed by atoms with Crippen molar-refractivity contribution in [3.8, 4) is 5.75 Å². The first kappa shape index (κ1) is 13.8. The number of rotatable bonds is 3. The summed E-state index contributed by atoms with van der Waals surface area (Å²) in [7, 11) is 1.57. The van der Waals surface area contributed by atoms with E-state index in [-0.39, 0.29) is 0 Å². The number of benzene rings is 1. The second-order valence-electron chi connectivity index (χ2n) is 4.02. The van der Waals surface area contributed by atoms with E-state index in [4.69, 9.17) is 33.7 Å². The number of halogens is 2. The van der Waals surface area contributed by atoms with Gasteiger partial charge in [0.1, 0.15) is 5.75 Å². The molecule has 1 aromatic carbocycles. The van der Waals surface area contributed by atoms with Gasteiger partial charge >= 0.3 is 0 Å². The molecule has 0 aliphatic carbocycles. The van der Waals surface area contributed by atoms with Crippen LogP contribution in [0, 0.1) is 6.92 Å². The summed E-state index contributed by atoms with van der Waals surface area (Å²) in [6.45, 7) is 1.91. The second kappa shape index (κ2) is 5.55. The van der Waals surface area contributed by atoms with E-state index in [0.717, 1.165) is 11.3 Å². The third-order valence-corrected chi connectivity index (χ3v) is 3.23. The van der Waals surface area contributed by atoms with Gasteiger partial charge in [0, 0.05) is 17.3 Å². The van der Waals surface area contributed by atoms with Gasteiger partial charge in [-0.15, -0.1) is 0 Å². The summed E-state index contributed by atoms with van der Waals surface area (Å²) in [5.41, 5.74) is 7.98. The highest BCUT2D eigenvalue weighted by molar-refractivity contribution is 6.31. The molecule has 0 fully saturated rings. The zero-order valence-electron chi connectivity index (χ0n) is 10.5. The third kappa shape index (κ3) is 3.03. The first-order chi connectivity index (χ1) is 9.01. The van der Waals surface area contributed by atoms with E-state index < -0.39 is 0 Å². The number of pyridine rings is 1. The highest BCUT2D eigenvalue weighted by atomic mass is 35.5. The maximum absolute atomic E-state index is 6.05. The van der Waals surface area contributed by atoms with E-state index in [1.165, 1.54) is 6.20 Å². The second-order valence-corrected chi connectivity index (χ2v) is 4.86. The molecule has 0 atom stereocenters. The quantitative estimate of drug-likeness (QED) is 0.898. The number of nitrogens with two attached hydrogens (primary N) is 1. The molecule has 0 saturated heterocycles. The van der Waals surface area contributed by atoms with Gasteiger partial charge in [0.15, 0.2) is 5.82 Å². The first-order valence-electron chi connectivity index (χ1n) is 5.53. The molecule has 2 aromatic rings. The van der Waals surface area contributed by atoms with Gasteiger partial charge in [-0.2, -0.15) is 0 Å². The van der Waals surface area contributed by atoms with Gasteiger partial charge < -0.3 is 15.8 Å². The average molecular weight is 298 g/mol. The van der Waals surface area contributed by atoms with Crippen molar-refractivity contribution in [3.63, 3.8) is 0 Å². The van der Waals surface area contributed by atoms with Crippen LogP contribution in [0.3, 0.4) is 0 Å². The Morgan fingerprint density at radius 2 is 2.00 bits per heavy atom. The lowest BCUT2D eigenvalue weighted by molar-refractivity contribution is 0.416. The minimum absolute atomic E-state index is 0.460. The molecule has 0 radical (unpaired) electrons. The molecule has 0 spiro atoms. The number of aromatic nitrogens is 1. The molecule has 3 N–H and O–H groups in total. The van der Waals surface area contributed by atoms with Crippen LogP contribution in [0.1, 0.15) is 5.56 Å². The van der Waals surface area contributed by atoms with Gasteiger partial charge in [-0.3, -0.25) is 0 Å². The van der Waals surface area contributed by atoms with Crippen LogP contribution in [0.2, 0.25) is 10.0 Å². The van der Waals surface area contributed by atoms with Crippen LogP contribution < -0.4 is 15.8 Å². The predicted molar refractivity (Wildman–Crippen MR) is 79.7 cm³/mol. The summed E-state index contributed by atoms with van der Waals surface area (Å²) < 4.78 is 5.28. The van der Waals surface area contributed by atoms with Crippen molar-refractivity contribution in [2.24, 2.45) is 0 Å². The number of aryl methyl sites for hydroxylation is 1. The van der Waals surface area contributed by atoms with Gasteiger partial charge in [-0.1, -0.05) is 23.2 Å². The van der Waals surface area contributed by atoms with Crippen molar-refractivity contribution in [1.29, 1.82) is 0 Å². The number of ether oxygens (including phenoxy) is 1. The van der Waals surface area contributed by atoms with Crippen LogP contribution in [0.15, 0.2) is 24.4 Å². The molecule has 100 valence electrons. The fourth-order valence-electron chi connectivity index (χ4n) is 1.62. The molecule has 0 saturated carbocycles. The summed E-state index contributed by atoms with van der Waals surface area (Å²) in [6, 6.07) is 5.24. The van der Waals surface area contributed by atoms with E-state index in [9.17, 15) is 0 Å². The fraction of sp³-hybridized carbons (Fsp3) is 0.154. The molecule has 6 heteroatoms. The molecule has 0 aliphatic heterocycles. The largest absolute Gasteiger partial charge is 0.495 e. The van der Waals surface area contributed by atoms with Crippen molar-refractivity contribution >= 4 is 40.4 Å². The minimum atomic E-state index is 0.460. The number of nitrogens with one attached hydrogen (secondary N) is 1. The lowest BCUT2D eigenvalue weighted by Crippen LogP contribution is -2.01. The Morgan fingerprint density at radius 3 is 2.63 bits per heavy atom. The van der Waals surface area contributed by atoms with Crippen molar-refractivity contribution in [1.82, 2.24) is 4.98 Å². The normalized spacial score (nSPS) is 10.3. The maximum atomic E-state index is 6.05. The highest BCUT2D eigenvalue weighted by Crippen LogP contribution is 2.34. The number of nitrogens with zero attached hydrogens (tertiary/aromatic N) is 1. The van der Waals surface area contributed by atoms with Gasteiger partial charge in [0.25, 0.3) is 0 Å². The smallest absolute Gasteiger partial charge is 0.153 e. The molecule has 0 amide bonds. The molecule has 1 aromatic heterocycles. The van der Waals surface area contributed by atoms with Crippen LogP contribution in [0.4, 0.5) is 17.2 Å². The molecule has 1 heterocycles. The number of hydrogen-bond acceptors (Lipinski definition) is 4. The maximum Gasteiger partial charge on any atom is 0.153 e. The Morgan fingerprint density at radius 1 is 1.26 bits per heavy atom. The molecule has 2 rings (SSSR count). The van der Waals surface area contributed by atoms with Crippen molar-refractivity contribution < 1.29 is 4.74 Å². The van der Waals surface area contributed by atoms with E-state index in [1.807, 2.05) is 13.0 Å². The van der Waals surface area contributed by atoms with Crippen LogP contribution in [0.25, 0.3) is 0 Å². The van der Waals surface area contributed by atoms with Gasteiger partial charge in [-0.25, -0.2) is 4.98 Å². The molecular weight excluding hydrogens is 285 g/mol. The zero-order chi connectivity index (χ0) is 14.0. The molecule has 0 bridgehead atoms. The zero-order valence-corrected chi connectivity index (χ0v) is 12.0. The molecule has 0 unspecified atom stereocenters. The number of hydrogen-bond donors (Lipinski definition) is 2. The predicted octanol–water partition coefficient (Wildman–Crippen LogP) is 4.03. The molecule has 19 heavy (non-hydrogen) atoms. The summed E-state index contributed by atoms with van der Waals surface area (Å²) in [5.74, 6) is 1.14. The van der Waals surface area contributed by atoms with Gasteiger partial charge in [-0.05, 0) is 24.6 Å². The molecule has 4 nitrogen and oxygen atoms in total. The lowest BCUT2D eigenvalue weighted by atomic mass is 10.2. The Labute approximate surface area is 121 Å². The van der Waals surface area contributed by atoms with Crippen LogP contribution in [-0.2, 0) is 0 Å². The van der Waals surface area contributed by atoms with Crippen LogP contribution in [-0.4, -0.2) is 12.1 Å². The number of methoxy groups -OCH3 is 1. The fourth-order valence-corrected chi connectivity index (χ4v) is 1.94. The SMILES string of the molecule is COc1cc(Cl)c(C)cc1Nc1ncc(Cl)cc1N. The standard InChI is InChI=1S/C13H13Cl2N3O/c1-7-3-11(12(19-2)5-9(7)15)18-13-10(16)4-8(14)6-17-13/h3-6H,16H2,1-2H3,(H,17,18). The van der Waals surface area contributed by atoms with Crippen molar-refractivity contribution in [3.05, 3.63) is 40.0 Å². The summed E-state index contributed by atoms with van der Waals surface area (Å²) >= 11 is 11.9. The number of anilines is 3. The third-order valence-electron chi connectivity index (χ3n) is 2.62. The summed E-state index contributed by atoms with van der Waals surface area (Å²) in [5, 5.41) is 4.24. The minimum Gasteiger partial charge on any atom is -0.495 e. The summed E-state index contributed by atoms with van der Waals surface area (Å²) in [4.78, 5) is 4.14. The van der Waals surface area contributed by atoms with Crippen molar-refractivity contribution in [2.75, 3.05) is 18.2 Å². The van der Waals surface area contributed by atoms with Crippen LogP contribution >= 0.6 is 23.2 Å². The first-order valence-corrected chi connectivity index (χ1v) is 6.29. The Balaban J connectivity index is 2.40. The molecule has 0 aliphatic rings. The lowest BCUT2D eigenvalue weighted by Gasteiger charge is -2.13. The highest BCUT2D eigenvalue weighted by Gasteiger charge is 2.09. The van der Waals surface area contributed by atoms with Crippen LogP contribution in [0.5, 0.6) is 5.75 Å².